The third-order valence-corrected chi connectivity index (χ3v) is 3.89. The average Bonchev–Trinajstić information content (AvgIpc) is 2.89. The molecule has 0 saturated heterocycles. The van der Waals surface area contributed by atoms with Crippen molar-refractivity contribution in [3.8, 4) is 0 Å². The van der Waals surface area contributed by atoms with Crippen LogP contribution in [0.4, 0.5) is 13.2 Å². The van der Waals surface area contributed by atoms with Crippen LogP contribution in [0.5, 0.6) is 0 Å². The summed E-state index contributed by atoms with van der Waals surface area (Å²) in [6.45, 7) is 4.40. The molecule has 0 spiro atoms. The van der Waals surface area contributed by atoms with Crippen molar-refractivity contribution in [1.82, 2.24) is 10.3 Å². The molecule has 2 aromatic rings. The molecule has 1 unspecified atom stereocenters. The highest BCUT2D eigenvalue weighted by Crippen LogP contribution is 2.33. The first-order valence-electron chi connectivity index (χ1n) is 6.23. The van der Waals surface area contributed by atoms with Gasteiger partial charge in [0.25, 0.3) is 0 Å². The third kappa shape index (κ3) is 3.19. The van der Waals surface area contributed by atoms with Crippen LogP contribution in [-0.4, -0.2) is 11.5 Å². The minimum atomic E-state index is -4.30. The molecule has 0 amide bonds. The van der Waals surface area contributed by atoms with E-state index in [1.165, 1.54) is 17.4 Å². The predicted octanol–water partition coefficient (Wildman–Crippen LogP) is 4.17. The fourth-order valence-corrected chi connectivity index (χ4v) is 2.82. The zero-order chi connectivity index (χ0) is 14.8. The third-order valence-electron chi connectivity index (χ3n) is 3.05. The van der Waals surface area contributed by atoms with Crippen molar-refractivity contribution in [2.75, 3.05) is 6.54 Å². The van der Waals surface area contributed by atoms with Crippen LogP contribution in [0.1, 0.15) is 34.5 Å². The fourth-order valence-electron chi connectivity index (χ4n) is 2.11. The van der Waals surface area contributed by atoms with Crippen molar-refractivity contribution in [3.05, 3.63) is 51.5 Å². The van der Waals surface area contributed by atoms with E-state index in [-0.39, 0.29) is 6.04 Å². The maximum atomic E-state index is 12.7. The van der Waals surface area contributed by atoms with E-state index < -0.39 is 11.7 Å². The molecular formula is C14H15F3N2S. The van der Waals surface area contributed by atoms with Crippen molar-refractivity contribution >= 4 is 11.3 Å². The van der Waals surface area contributed by atoms with Gasteiger partial charge in [-0.2, -0.15) is 13.2 Å². The Morgan fingerprint density at radius 3 is 2.60 bits per heavy atom. The van der Waals surface area contributed by atoms with Gasteiger partial charge in [0, 0.05) is 11.1 Å². The Kier molecular flexibility index (Phi) is 4.45. The Morgan fingerprint density at radius 1 is 1.35 bits per heavy atom. The van der Waals surface area contributed by atoms with Crippen LogP contribution in [0.3, 0.4) is 0 Å². The second-order valence-electron chi connectivity index (χ2n) is 4.46. The normalized spacial score (nSPS) is 13.4. The van der Waals surface area contributed by atoms with Crippen LogP contribution >= 0.6 is 11.3 Å². The maximum Gasteiger partial charge on any atom is 0.416 e. The van der Waals surface area contributed by atoms with E-state index in [1.54, 1.807) is 24.7 Å². The highest BCUT2D eigenvalue weighted by atomic mass is 32.1. The molecule has 1 heterocycles. The number of aromatic nitrogens is 1. The summed E-state index contributed by atoms with van der Waals surface area (Å²) in [4.78, 5) is 5.03. The lowest BCUT2D eigenvalue weighted by Crippen LogP contribution is -2.22. The Bertz CT molecular complexity index is 564. The Labute approximate surface area is 119 Å². The number of nitrogens with one attached hydrogen (secondary N) is 1. The first-order chi connectivity index (χ1) is 9.43. The van der Waals surface area contributed by atoms with E-state index >= 15 is 0 Å². The molecule has 1 N–H and O–H groups in total. The molecule has 2 nitrogen and oxygen atoms in total. The second-order valence-corrected chi connectivity index (χ2v) is 5.38. The molecule has 20 heavy (non-hydrogen) atoms. The number of rotatable bonds is 4. The minimum absolute atomic E-state index is 0.116. The molecule has 0 radical (unpaired) electrons. The zero-order valence-electron chi connectivity index (χ0n) is 11.2. The van der Waals surface area contributed by atoms with Crippen molar-refractivity contribution in [1.29, 1.82) is 0 Å². The van der Waals surface area contributed by atoms with Crippen LogP contribution in [0, 0.1) is 6.92 Å². The van der Waals surface area contributed by atoms with Gasteiger partial charge in [-0.25, -0.2) is 0 Å². The summed E-state index contributed by atoms with van der Waals surface area (Å²) in [6.07, 6.45) is -2.56. The minimum Gasteiger partial charge on any atom is -0.306 e. The largest absolute Gasteiger partial charge is 0.416 e. The Balaban J connectivity index is 2.40. The number of halogens is 3. The van der Waals surface area contributed by atoms with Crippen LogP contribution in [-0.2, 0) is 6.18 Å². The van der Waals surface area contributed by atoms with Gasteiger partial charge >= 0.3 is 6.18 Å². The summed E-state index contributed by atoms with van der Waals surface area (Å²) < 4.78 is 38.1. The standard InChI is InChI=1S/C14H15F3N2S/c1-3-19-13(12-7-18-8-20-12)11-5-4-10(6-9(11)2)14(15,16)17/h4-8,13,19H,3H2,1-2H3. The van der Waals surface area contributed by atoms with Gasteiger partial charge in [0.15, 0.2) is 0 Å². The van der Waals surface area contributed by atoms with Crippen molar-refractivity contribution in [3.63, 3.8) is 0 Å². The van der Waals surface area contributed by atoms with E-state index in [9.17, 15) is 13.2 Å². The van der Waals surface area contributed by atoms with Gasteiger partial charge in [0.05, 0.1) is 17.1 Å². The molecule has 0 aliphatic rings. The monoisotopic (exact) mass is 300 g/mol. The van der Waals surface area contributed by atoms with Gasteiger partial charge in [-0.1, -0.05) is 13.0 Å². The molecule has 0 saturated carbocycles. The van der Waals surface area contributed by atoms with Gasteiger partial charge in [-0.3, -0.25) is 4.98 Å². The first kappa shape index (κ1) is 15.0. The molecule has 0 aliphatic heterocycles. The van der Waals surface area contributed by atoms with E-state index in [0.717, 1.165) is 23.1 Å². The molecule has 1 aromatic heterocycles. The number of hydrogen-bond acceptors (Lipinski definition) is 3. The van der Waals surface area contributed by atoms with Crippen LogP contribution in [0.2, 0.25) is 0 Å². The van der Waals surface area contributed by atoms with Crippen molar-refractivity contribution in [2.24, 2.45) is 0 Å². The lowest BCUT2D eigenvalue weighted by atomic mass is 9.98. The van der Waals surface area contributed by atoms with Crippen LogP contribution in [0.25, 0.3) is 0 Å². The molecular weight excluding hydrogens is 285 g/mol. The highest BCUT2D eigenvalue weighted by Gasteiger charge is 2.31. The lowest BCUT2D eigenvalue weighted by molar-refractivity contribution is -0.137. The summed E-state index contributed by atoms with van der Waals surface area (Å²) >= 11 is 1.49. The van der Waals surface area contributed by atoms with Crippen LogP contribution < -0.4 is 5.32 Å². The second kappa shape index (κ2) is 5.93. The molecule has 1 atom stereocenters. The predicted molar refractivity (Wildman–Crippen MR) is 73.8 cm³/mol. The van der Waals surface area contributed by atoms with Crippen molar-refractivity contribution in [2.45, 2.75) is 26.1 Å². The Hall–Kier alpha value is -1.40. The molecule has 0 fully saturated rings. The molecule has 0 aliphatic carbocycles. The van der Waals surface area contributed by atoms with Gasteiger partial charge in [-0.15, -0.1) is 11.3 Å². The molecule has 6 heteroatoms. The summed E-state index contributed by atoms with van der Waals surface area (Å²) in [5, 5.41) is 3.29. The quantitative estimate of drug-likeness (QED) is 0.916. The summed E-state index contributed by atoms with van der Waals surface area (Å²) in [7, 11) is 0. The average molecular weight is 300 g/mol. The van der Waals surface area contributed by atoms with Gasteiger partial charge in [0.2, 0.25) is 0 Å². The molecule has 1 aromatic carbocycles. The fraction of sp³-hybridized carbons (Fsp3) is 0.357. The number of hydrogen-bond donors (Lipinski definition) is 1. The topological polar surface area (TPSA) is 24.9 Å². The number of nitrogens with zero attached hydrogens (tertiary/aromatic N) is 1. The summed E-state index contributed by atoms with van der Waals surface area (Å²) in [5.41, 5.74) is 2.58. The number of benzene rings is 1. The summed E-state index contributed by atoms with van der Waals surface area (Å²) in [6, 6.07) is 3.76. The van der Waals surface area contributed by atoms with Gasteiger partial charge in [0.1, 0.15) is 0 Å². The van der Waals surface area contributed by atoms with E-state index in [2.05, 4.69) is 10.3 Å². The van der Waals surface area contributed by atoms with Gasteiger partial charge in [-0.05, 0) is 36.7 Å². The first-order valence-corrected chi connectivity index (χ1v) is 7.11. The Morgan fingerprint density at radius 2 is 2.10 bits per heavy atom. The zero-order valence-corrected chi connectivity index (χ0v) is 12.0. The number of aryl methyl sites for hydroxylation is 1. The van der Waals surface area contributed by atoms with Crippen molar-refractivity contribution < 1.29 is 13.2 Å². The molecule has 0 bridgehead atoms. The van der Waals surface area contributed by atoms with E-state index in [0.29, 0.717) is 5.56 Å². The smallest absolute Gasteiger partial charge is 0.306 e. The van der Waals surface area contributed by atoms with Crippen LogP contribution in [0.15, 0.2) is 29.9 Å². The summed E-state index contributed by atoms with van der Waals surface area (Å²) in [5.74, 6) is 0. The van der Waals surface area contributed by atoms with E-state index in [4.69, 9.17) is 0 Å². The SMILES string of the molecule is CCNC(c1cncs1)c1ccc(C(F)(F)F)cc1C. The highest BCUT2D eigenvalue weighted by molar-refractivity contribution is 7.09. The molecule has 108 valence electrons. The number of alkyl halides is 3. The van der Waals surface area contributed by atoms with Gasteiger partial charge < -0.3 is 5.32 Å². The van der Waals surface area contributed by atoms with E-state index in [1.807, 2.05) is 6.92 Å². The number of thiazole rings is 1. The molecule has 2 rings (SSSR count). The maximum absolute atomic E-state index is 12.7. The lowest BCUT2D eigenvalue weighted by Gasteiger charge is -2.20.